The van der Waals surface area contributed by atoms with Crippen molar-refractivity contribution in [1.82, 2.24) is 15.2 Å². The van der Waals surface area contributed by atoms with Crippen molar-refractivity contribution in [2.24, 2.45) is 0 Å². The van der Waals surface area contributed by atoms with E-state index in [0.717, 1.165) is 22.0 Å². The summed E-state index contributed by atoms with van der Waals surface area (Å²) in [5.74, 6) is 0.212. The normalized spacial score (nSPS) is 12.4. The summed E-state index contributed by atoms with van der Waals surface area (Å²) in [7, 11) is 0. The van der Waals surface area contributed by atoms with Crippen LogP contribution in [0.25, 0.3) is 10.8 Å². The van der Waals surface area contributed by atoms with Crippen LogP contribution in [0.1, 0.15) is 37.4 Å². The van der Waals surface area contributed by atoms with Gasteiger partial charge in [0.15, 0.2) is 0 Å². The zero-order valence-corrected chi connectivity index (χ0v) is 14.7. The predicted molar refractivity (Wildman–Crippen MR) is 86.1 cm³/mol. The van der Waals surface area contributed by atoms with E-state index in [-0.39, 0.29) is 11.2 Å². The molecule has 0 bridgehead atoms. The Morgan fingerprint density at radius 3 is 2.73 bits per heavy atom. The first-order valence-electron chi connectivity index (χ1n) is 7.16. The number of hydrogen-bond acceptors (Lipinski definition) is 8. The van der Waals surface area contributed by atoms with Gasteiger partial charge in [-0.3, -0.25) is 4.79 Å². The maximum atomic E-state index is 11.9. The molecule has 2 aromatic rings. The lowest BCUT2D eigenvalue weighted by molar-refractivity contribution is -0.142. The average molecular weight is 341 g/mol. The second kappa shape index (κ2) is 7.73. The molecular formula is C14H19N3O3S2. The van der Waals surface area contributed by atoms with Crippen molar-refractivity contribution in [3.63, 3.8) is 0 Å². The molecule has 2 heterocycles. The van der Waals surface area contributed by atoms with Crippen LogP contribution in [0.3, 0.4) is 0 Å². The van der Waals surface area contributed by atoms with Gasteiger partial charge in [0.1, 0.15) is 10.1 Å². The molecule has 0 unspecified atom stereocenters. The highest BCUT2D eigenvalue weighted by Gasteiger charge is 2.24. The van der Waals surface area contributed by atoms with Gasteiger partial charge in [0.05, 0.1) is 17.3 Å². The lowest BCUT2D eigenvalue weighted by Gasteiger charge is -2.11. The molecule has 22 heavy (non-hydrogen) atoms. The van der Waals surface area contributed by atoms with Crippen LogP contribution in [0, 0.1) is 13.8 Å². The van der Waals surface area contributed by atoms with Crippen LogP contribution in [-0.4, -0.2) is 33.0 Å². The fourth-order valence-corrected chi connectivity index (χ4v) is 3.74. The molecule has 0 radical (unpaired) electrons. The topological polar surface area (TPSA) is 78.1 Å². The molecule has 2 rings (SSSR count). The van der Waals surface area contributed by atoms with Crippen LogP contribution >= 0.6 is 23.1 Å². The number of hydrogen-bond donors (Lipinski definition) is 0. The standard InChI is InChI=1S/C14H19N3O3S2/c1-5-7-10(13(18)19-6-2)22-14-17-16-12(20-14)11-8(3)15-9(4)21-11/h10H,5-7H2,1-4H3/t10-/m1/s1. The largest absolute Gasteiger partial charge is 0.465 e. The van der Waals surface area contributed by atoms with E-state index in [1.165, 1.54) is 23.1 Å². The van der Waals surface area contributed by atoms with Crippen molar-refractivity contribution in [1.29, 1.82) is 0 Å². The molecule has 0 aromatic carbocycles. The van der Waals surface area contributed by atoms with E-state index in [2.05, 4.69) is 15.2 Å². The third-order valence-corrected chi connectivity index (χ3v) is 4.99. The molecule has 6 nitrogen and oxygen atoms in total. The van der Waals surface area contributed by atoms with Crippen molar-refractivity contribution in [3.05, 3.63) is 10.7 Å². The second-order valence-electron chi connectivity index (χ2n) is 4.67. The highest BCUT2D eigenvalue weighted by molar-refractivity contribution is 8.00. The van der Waals surface area contributed by atoms with E-state index in [4.69, 9.17) is 9.15 Å². The fraction of sp³-hybridized carbons (Fsp3) is 0.571. The van der Waals surface area contributed by atoms with Gasteiger partial charge in [-0.15, -0.1) is 21.5 Å². The number of carbonyl (C=O) groups excluding carboxylic acids is 1. The number of nitrogens with zero attached hydrogens (tertiary/aromatic N) is 3. The van der Waals surface area contributed by atoms with Crippen molar-refractivity contribution >= 4 is 29.1 Å². The quantitative estimate of drug-likeness (QED) is 0.562. The molecule has 0 aliphatic carbocycles. The first kappa shape index (κ1) is 17.0. The van der Waals surface area contributed by atoms with Gasteiger partial charge in [0, 0.05) is 0 Å². The number of ether oxygens (including phenoxy) is 1. The van der Waals surface area contributed by atoms with Gasteiger partial charge in [0.25, 0.3) is 11.1 Å². The Morgan fingerprint density at radius 1 is 1.36 bits per heavy atom. The molecule has 0 aliphatic rings. The van der Waals surface area contributed by atoms with Crippen molar-refractivity contribution in [3.8, 4) is 10.8 Å². The minimum atomic E-state index is -0.317. The summed E-state index contributed by atoms with van der Waals surface area (Å²) in [6.45, 7) is 8.04. The summed E-state index contributed by atoms with van der Waals surface area (Å²) < 4.78 is 10.8. The van der Waals surface area contributed by atoms with E-state index >= 15 is 0 Å². The van der Waals surface area contributed by atoms with Gasteiger partial charge < -0.3 is 9.15 Å². The van der Waals surface area contributed by atoms with Crippen molar-refractivity contribution < 1.29 is 13.9 Å². The minimum absolute atomic E-state index is 0.237. The van der Waals surface area contributed by atoms with Gasteiger partial charge in [-0.1, -0.05) is 25.1 Å². The lowest BCUT2D eigenvalue weighted by Crippen LogP contribution is -2.20. The summed E-state index contributed by atoms with van der Waals surface area (Å²) in [6, 6.07) is 0. The molecule has 120 valence electrons. The number of thioether (sulfide) groups is 1. The number of aromatic nitrogens is 3. The Labute approximate surface area is 137 Å². The highest BCUT2D eigenvalue weighted by atomic mass is 32.2. The number of carbonyl (C=O) groups is 1. The van der Waals surface area contributed by atoms with Gasteiger partial charge in [-0.25, -0.2) is 4.98 Å². The maximum absolute atomic E-state index is 11.9. The summed E-state index contributed by atoms with van der Waals surface area (Å²) in [5, 5.41) is 9.10. The first-order valence-corrected chi connectivity index (χ1v) is 8.85. The summed E-state index contributed by atoms with van der Waals surface area (Å²) >= 11 is 2.78. The molecular weight excluding hydrogens is 322 g/mol. The predicted octanol–water partition coefficient (Wildman–Crippen LogP) is 3.63. The van der Waals surface area contributed by atoms with Crippen LogP contribution in [-0.2, 0) is 9.53 Å². The van der Waals surface area contributed by atoms with Crippen LogP contribution in [0.15, 0.2) is 9.64 Å². The number of aryl methyl sites for hydroxylation is 2. The molecule has 0 aliphatic heterocycles. The average Bonchev–Trinajstić information content (AvgIpc) is 3.05. The monoisotopic (exact) mass is 341 g/mol. The van der Waals surface area contributed by atoms with E-state index in [1.807, 2.05) is 20.8 Å². The zero-order valence-electron chi connectivity index (χ0n) is 13.1. The van der Waals surface area contributed by atoms with Gasteiger partial charge in [-0.05, 0) is 27.2 Å². The molecule has 2 aromatic heterocycles. The van der Waals surface area contributed by atoms with E-state index in [9.17, 15) is 4.79 Å². The van der Waals surface area contributed by atoms with Crippen LogP contribution in [0.5, 0.6) is 0 Å². The lowest BCUT2D eigenvalue weighted by atomic mass is 10.2. The van der Waals surface area contributed by atoms with Gasteiger partial charge in [0.2, 0.25) is 0 Å². The Morgan fingerprint density at radius 2 is 2.14 bits per heavy atom. The first-order chi connectivity index (χ1) is 10.5. The third-order valence-electron chi connectivity index (χ3n) is 2.85. The molecule has 0 saturated heterocycles. The molecule has 0 amide bonds. The fourth-order valence-electron chi connectivity index (χ4n) is 1.92. The second-order valence-corrected chi connectivity index (χ2v) is 7.02. The van der Waals surface area contributed by atoms with E-state index in [1.54, 1.807) is 6.92 Å². The van der Waals surface area contributed by atoms with Gasteiger partial charge in [-0.2, -0.15) is 0 Å². The highest BCUT2D eigenvalue weighted by Crippen LogP contribution is 2.32. The van der Waals surface area contributed by atoms with E-state index < -0.39 is 0 Å². The Balaban J connectivity index is 2.13. The molecule has 8 heteroatoms. The third kappa shape index (κ3) is 4.07. The smallest absolute Gasteiger partial charge is 0.319 e. The van der Waals surface area contributed by atoms with Gasteiger partial charge >= 0.3 is 5.97 Å². The Kier molecular flexibility index (Phi) is 5.96. The molecule has 0 N–H and O–H groups in total. The summed E-state index contributed by atoms with van der Waals surface area (Å²) in [6.07, 6.45) is 1.59. The summed E-state index contributed by atoms with van der Waals surface area (Å²) in [4.78, 5) is 17.2. The molecule has 0 spiro atoms. The van der Waals surface area contributed by atoms with Crippen LogP contribution in [0.4, 0.5) is 0 Å². The number of thiazole rings is 1. The summed E-state index contributed by atoms with van der Waals surface area (Å²) in [5.41, 5.74) is 0.873. The maximum Gasteiger partial charge on any atom is 0.319 e. The SMILES string of the molecule is CCC[C@@H](Sc1nnc(-c2sc(C)nc2C)o1)C(=O)OCC. The van der Waals surface area contributed by atoms with Crippen molar-refractivity contribution in [2.75, 3.05) is 6.61 Å². The number of esters is 1. The minimum Gasteiger partial charge on any atom is -0.465 e. The van der Waals surface area contributed by atoms with Crippen LogP contribution in [0.2, 0.25) is 0 Å². The Bertz CT molecular complexity index is 639. The molecule has 1 atom stereocenters. The van der Waals surface area contributed by atoms with E-state index in [0.29, 0.717) is 24.1 Å². The Hall–Kier alpha value is -1.41. The zero-order chi connectivity index (χ0) is 16.1. The van der Waals surface area contributed by atoms with Crippen LogP contribution < -0.4 is 0 Å². The molecule has 0 saturated carbocycles. The number of rotatable bonds is 7. The molecule has 0 fully saturated rings. The van der Waals surface area contributed by atoms with Crippen molar-refractivity contribution in [2.45, 2.75) is 51.0 Å².